The van der Waals surface area contributed by atoms with Crippen LogP contribution < -0.4 is 4.90 Å². The van der Waals surface area contributed by atoms with Gasteiger partial charge in [-0.3, -0.25) is 9.48 Å². The van der Waals surface area contributed by atoms with Crippen molar-refractivity contribution >= 4 is 34.8 Å². The number of nitrogens with zero attached hydrogens (tertiary/aromatic N) is 4. The van der Waals surface area contributed by atoms with Gasteiger partial charge in [0.25, 0.3) is 0 Å². The van der Waals surface area contributed by atoms with Crippen molar-refractivity contribution < 1.29 is 15.0 Å². The van der Waals surface area contributed by atoms with Gasteiger partial charge >= 0.3 is 0 Å². The van der Waals surface area contributed by atoms with E-state index in [1.165, 1.54) is 0 Å². The molecule has 0 bridgehead atoms. The molecule has 1 atom stereocenters. The molecule has 9 heteroatoms. The van der Waals surface area contributed by atoms with Gasteiger partial charge in [-0.05, 0) is 43.5 Å². The summed E-state index contributed by atoms with van der Waals surface area (Å²) in [6.45, 7) is 5.39. The molecule has 1 amide bonds. The molecular weight excluding hydrogens is 427 g/mol. The van der Waals surface area contributed by atoms with E-state index in [9.17, 15) is 9.90 Å². The minimum atomic E-state index is -0.281. The fraction of sp³-hybridized carbons (Fsp3) is 0.429. The minimum Gasteiger partial charge on any atom is -0.392 e. The zero-order valence-electron chi connectivity index (χ0n) is 16.9. The fourth-order valence-corrected chi connectivity index (χ4v) is 3.90. The first-order valence-corrected chi connectivity index (χ1v) is 10.4. The summed E-state index contributed by atoms with van der Waals surface area (Å²) in [6.07, 6.45) is 0. The van der Waals surface area contributed by atoms with Gasteiger partial charge in [-0.15, -0.1) is 0 Å². The van der Waals surface area contributed by atoms with Crippen LogP contribution in [-0.2, 0) is 17.9 Å². The Hall–Kier alpha value is -2.24. The number of aromatic nitrogens is 2. The summed E-state index contributed by atoms with van der Waals surface area (Å²) in [5.74, 6) is 5.18. The van der Waals surface area contributed by atoms with E-state index in [-0.39, 0.29) is 31.7 Å². The maximum atomic E-state index is 12.9. The highest BCUT2D eigenvalue weighted by atomic mass is 35.5. The van der Waals surface area contributed by atoms with Gasteiger partial charge in [0.2, 0.25) is 5.91 Å². The third-order valence-electron chi connectivity index (χ3n) is 5.22. The lowest BCUT2D eigenvalue weighted by Crippen LogP contribution is -2.54. The van der Waals surface area contributed by atoms with E-state index in [0.717, 1.165) is 5.69 Å². The molecule has 160 valence electrons. The number of rotatable bonds is 4. The summed E-state index contributed by atoms with van der Waals surface area (Å²) in [6, 6.07) is 5.60. The quantitative estimate of drug-likeness (QED) is 0.696. The molecule has 0 aliphatic carbocycles. The molecule has 1 fully saturated rings. The van der Waals surface area contributed by atoms with Crippen molar-refractivity contribution in [1.82, 2.24) is 14.7 Å². The number of hydrogen-bond acceptors (Lipinski definition) is 5. The van der Waals surface area contributed by atoms with Crippen LogP contribution >= 0.6 is 23.2 Å². The van der Waals surface area contributed by atoms with E-state index in [1.54, 1.807) is 17.7 Å². The Morgan fingerprint density at radius 3 is 2.73 bits per heavy atom. The summed E-state index contributed by atoms with van der Waals surface area (Å²) in [5, 5.41) is 23.5. The van der Waals surface area contributed by atoms with Gasteiger partial charge in [0.1, 0.15) is 13.2 Å². The number of carbonyl (C=O) groups is 1. The zero-order chi connectivity index (χ0) is 21.8. The van der Waals surface area contributed by atoms with E-state index in [1.807, 2.05) is 24.0 Å². The Labute approximate surface area is 185 Å². The lowest BCUT2D eigenvalue weighted by molar-refractivity contribution is -0.134. The molecule has 3 rings (SSSR count). The normalized spacial score (nSPS) is 16.4. The second-order valence-electron chi connectivity index (χ2n) is 7.18. The number of anilines is 1. The maximum Gasteiger partial charge on any atom is 0.244 e. The van der Waals surface area contributed by atoms with Crippen LogP contribution in [0.1, 0.15) is 23.9 Å². The van der Waals surface area contributed by atoms with Crippen molar-refractivity contribution in [3.05, 3.63) is 45.2 Å². The predicted octanol–water partition coefficient (Wildman–Crippen LogP) is 2.07. The van der Waals surface area contributed by atoms with Crippen molar-refractivity contribution in [2.24, 2.45) is 0 Å². The van der Waals surface area contributed by atoms with Crippen LogP contribution in [0.15, 0.2) is 18.2 Å². The van der Waals surface area contributed by atoms with Crippen molar-refractivity contribution in [2.45, 2.75) is 33.0 Å². The first-order valence-electron chi connectivity index (χ1n) is 9.62. The lowest BCUT2D eigenvalue weighted by atomic mass is 10.1. The zero-order valence-corrected chi connectivity index (χ0v) is 18.4. The monoisotopic (exact) mass is 450 g/mol. The molecule has 1 saturated heterocycles. The highest BCUT2D eigenvalue weighted by Crippen LogP contribution is 2.26. The Bertz CT molecular complexity index is 996. The van der Waals surface area contributed by atoms with E-state index < -0.39 is 0 Å². The van der Waals surface area contributed by atoms with E-state index in [0.29, 0.717) is 46.6 Å². The highest BCUT2D eigenvalue weighted by Gasteiger charge is 2.28. The molecule has 30 heavy (non-hydrogen) atoms. The lowest BCUT2D eigenvalue weighted by Gasteiger charge is -2.41. The fourth-order valence-electron chi connectivity index (χ4n) is 3.54. The summed E-state index contributed by atoms with van der Waals surface area (Å²) in [7, 11) is 0. The molecule has 0 spiro atoms. The number of carbonyl (C=O) groups excluding carboxylic acids is 1. The second-order valence-corrected chi connectivity index (χ2v) is 7.97. The second kappa shape index (κ2) is 9.71. The molecule has 1 aromatic carbocycles. The molecule has 0 radical (unpaired) electrons. The number of hydrogen-bond donors (Lipinski definition) is 2. The number of benzene rings is 1. The van der Waals surface area contributed by atoms with Gasteiger partial charge in [0, 0.05) is 36.4 Å². The number of aliphatic hydroxyl groups is 2. The molecule has 2 heterocycles. The van der Waals surface area contributed by atoms with E-state index in [4.69, 9.17) is 28.3 Å². The van der Waals surface area contributed by atoms with Crippen molar-refractivity contribution in [1.29, 1.82) is 0 Å². The summed E-state index contributed by atoms with van der Waals surface area (Å²) in [4.78, 5) is 17.0. The molecule has 2 N–H and O–H groups in total. The molecular formula is C21H24Cl2N4O3. The van der Waals surface area contributed by atoms with Gasteiger partial charge in [-0.25, -0.2) is 0 Å². The molecule has 7 nitrogen and oxygen atoms in total. The molecule has 2 aromatic rings. The number of amides is 1. The van der Waals surface area contributed by atoms with E-state index >= 15 is 0 Å². The summed E-state index contributed by atoms with van der Waals surface area (Å²) in [5.41, 5.74) is 2.68. The average molecular weight is 451 g/mol. The van der Waals surface area contributed by atoms with Gasteiger partial charge in [-0.2, -0.15) is 5.10 Å². The van der Waals surface area contributed by atoms with Crippen LogP contribution in [0.4, 0.5) is 5.69 Å². The molecule has 0 unspecified atom stereocenters. The first kappa shape index (κ1) is 22.4. The van der Waals surface area contributed by atoms with Crippen LogP contribution in [0.2, 0.25) is 10.0 Å². The Morgan fingerprint density at radius 2 is 2.07 bits per heavy atom. The van der Waals surface area contributed by atoms with Crippen LogP contribution in [0.3, 0.4) is 0 Å². The standard InChI is InChI=1S/C21H24Cl2N4O3/c1-14-11-25(17-5-6-18(22)16(10-17)13-29)7-8-26(14)20(30)12-27-15(2)21(23)19(24-27)4-3-9-28/h5-6,10,14,28-29H,7-9,11-13H2,1-2H3/t14-/m0/s1. The third-order valence-corrected chi connectivity index (χ3v) is 6.04. The van der Waals surface area contributed by atoms with Crippen molar-refractivity contribution in [2.75, 3.05) is 31.1 Å². The largest absolute Gasteiger partial charge is 0.392 e. The Kier molecular flexibility index (Phi) is 7.27. The third kappa shape index (κ3) is 4.73. The smallest absolute Gasteiger partial charge is 0.244 e. The van der Waals surface area contributed by atoms with Gasteiger partial charge < -0.3 is 20.0 Å². The van der Waals surface area contributed by atoms with Crippen LogP contribution in [-0.4, -0.2) is 63.1 Å². The molecule has 1 aliphatic heterocycles. The van der Waals surface area contributed by atoms with Gasteiger partial charge in [-0.1, -0.05) is 29.1 Å². The molecule has 0 saturated carbocycles. The topological polar surface area (TPSA) is 81.8 Å². The molecule has 1 aliphatic rings. The molecule has 1 aromatic heterocycles. The number of piperazine rings is 1. The van der Waals surface area contributed by atoms with Crippen molar-refractivity contribution in [3.63, 3.8) is 0 Å². The minimum absolute atomic E-state index is 0.000467. The van der Waals surface area contributed by atoms with Gasteiger partial charge in [0.15, 0.2) is 5.69 Å². The maximum absolute atomic E-state index is 12.9. The van der Waals surface area contributed by atoms with Crippen molar-refractivity contribution in [3.8, 4) is 11.8 Å². The highest BCUT2D eigenvalue weighted by molar-refractivity contribution is 6.32. The number of aliphatic hydroxyl groups excluding tert-OH is 2. The number of halogens is 2. The Balaban J connectivity index is 1.68. The Morgan fingerprint density at radius 1 is 1.30 bits per heavy atom. The summed E-state index contributed by atoms with van der Waals surface area (Å²) < 4.78 is 1.55. The van der Waals surface area contributed by atoms with Crippen LogP contribution in [0.25, 0.3) is 0 Å². The average Bonchev–Trinajstić information content (AvgIpc) is 3.00. The summed E-state index contributed by atoms with van der Waals surface area (Å²) >= 11 is 12.3. The first-order chi connectivity index (χ1) is 14.3. The van der Waals surface area contributed by atoms with Crippen LogP contribution in [0.5, 0.6) is 0 Å². The predicted molar refractivity (Wildman–Crippen MR) is 117 cm³/mol. The van der Waals surface area contributed by atoms with Gasteiger partial charge in [0.05, 0.1) is 17.3 Å². The SMILES string of the molecule is Cc1c(Cl)c(C#CCO)nn1CC(=O)N1CCN(c2ccc(Cl)c(CO)c2)C[C@@H]1C. The van der Waals surface area contributed by atoms with E-state index in [2.05, 4.69) is 21.8 Å². The van der Waals surface area contributed by atoms with Crippen LogP contribution in [0, 0.1) is 18.8 Å².